The van der Waals surface area contributed by atoms with Gasteiger partial charge >= 0.3 is 12.2 Å². The number of allylic oxidation sites excluding steroid dienone is 1. The fourth-order valence-corrected chi connectivity index (χ4v) is 3.00. The Morgan fingerprint density at radius 3 is 2.23 bits per heavy atom. The van der Waals surface area contributed by atoms with Gasteiger partial charge in [-0.2, -0.15) is 0 Å². The molecule has 166 valence electrons. The van der Waals surface area contributed by atoms with Gasteiger partial charge in [-0.3, -0.25) is 9.36 Å². The minimum atomic E-state index is -0.630. The molecule has 0 aliphatic heterocycles. The second-order valence-electron chi connectivity index (χ2n) is 6.89. The second-order valence-corrected chi connectivity index (χ2v) is 7.91. The van der Waals surface area contributed by atoms with Gasteiger partial charge in [-0.15, -0.1) is 10.2 Å². The molecule has 2 aromatic rings. The van der Waals surface area contributed by atoms with Gasteiger partial charge in [-0.05, 0) is 30.8 Å². The largest absolute Gasteiger partial charge is 0.414 e. The van der Waals surface area contributed by atoms with Crippen LogP contribution < -0.4 is 9.47 Å². The highest BCUT2D eigenvalue weighted by atomic mass is 32.2. The Kier molecular flexibility index (Phi) is 7.81. The number of carbonyl (C=O) groups is 3. The lowest BCUT2D eigenvalue weighted by molar-refractivity contribution is -0.110. The van der Waals surface area contributed by atoms with E-state index >= 15 is 0 Å². The summed E-state index contributed by atoms with van der Waals surface area (Å²) < 4.78 is 12.4. The number of ether oxygens (including phenoxy) is 2. The molecule has 2 rings (SSSR count). The van der Waals surface area contributed by atoms with Gasteiger partial charge in [-0.25, -0.2) is 9.59 Å². The summed E-state index contributed by atoms with van der Waals surface area (Å²) in [5, 5.41) is 8.56. The molecule has 0 fully saturated rings. The predicted molar refractivity (Wildman–Crippen MR) is 117 cm³/mol. The first-order valence-electron chi connectivity index (χ1n) is 9.29. The number of aromatic nitrogens is 3. The summed E-state index contributed by atoms with van der Waals surface area (Å²) in [4.78, 5) is 38.6. The molecular formula is C20H25N5O5S. The highest BCUT2D eigenvalue weighted by molar-refractivity contribution is 8.13. The van der Waals surface area contributed by atoms with Crippen molar-refractivity contribution in [2.24, 2.45) is 0 Å². The van der Waals surface area contributed by atoms with Crippen molar-refractivity contribution >= 4 is 34.8 Å². The van der Waals surface area contributed by atoms with Gasteiger partial charge in [0.05, 0.1) is 5.56 Å². The molecule has 0 aliphatic carbocycles. The van der Waals surface area contributed by atoms with Crippen molar-refractivity contribution in [3.05, 3.63) is 24.8 Å². The average molecular weight is 448 g/mol. The van der Waals surface area contributed by atoms with Crippen LogP contribution in [-0.4, -0.2) is 70.1 Å². The van der Waals surface area contributed by atoms with Gasteiger partial charge in [-0.1, -0.05) is 13.5 Å². The molecule has 1 aromatic heterocycles. The standard InChI is InChI=1S/C20H25N5O5S/c1-8-16(26)31-18-22-21-17(25(18)12(2)3)14-10-9-13(29-19(27)23(4)5)11-15(14)30-20(28)24(6)7/h9-11H,2,8H2,1,3-7H3. The van der Waals surface area contributed by atoms with Crippen LogP contribution in [0, 0.1) is 0 Å². The van der Waals surface area contributed by atoms with Crippen molar-refractivity contribution in [3.8, 4) is 22.9 Å². The second kappa shape index (κ2) is 10.1. The molecule has 0 bridgehead atoms. The van der Waals surface area contributed by atoms with Gasteiger partial charge in [0.15, 0.2) is 10.9 Å². The summed E-state index contributed by atoms with van der Waals surface area (Å²) in [5.74, 6) is 0.614. The van der Waals surface area contributed by atoms with Crippen LogP contribution in [0.4, 0.5) is 9.59 Å². The van der Waals surface area contributed by atoms with Crippen molar-refractivity contribution < 1.29 is 23.9 Å². The number of nitrogens with zero attached hydrogens (tertiary/aromatic N) is 5. The molecule has 0 spiro atoms. The van der Waals surface area contributed by atoms with E-state index in [9.17, 15) is 14.4 Å². The zero-order valence-electron chi connectivity index (χ0n) is 18.3. The number of benzene rings is 1. The maximum Gasteiger partial charge on any atom is 0.414 e. The molecule has 31 heavy (non-hydrogen) atoms. The molecule has 2 amide bonds. The Morgan fingerprint density at radius 2 is 1.68 bits per heavy atom. The molecule has 1 aromatic carbocycles. The number of amides is 2. The first-order valence-corrected chi connectivity index (χ1v) is 10.1. The molecule has 0 N–H and O–H groups in total. The molecular weight excluding hydrogens is 422 g/mol. The zero-order chi connectivity index (χ0) is 23.3. The Hall–Kier alpha value is -3.34. The maximum absolute atomic E-state index is 12.2. The van der Waals surface area contributed by atoms with Crippen molar-refractivity contribution in [2.45, 2.75) is 25.4 Å². The van der Waals surface area contributed by atoms with Crippen molar-refractivity contribution in [1.29, 1.82) is 0 Å². The Bertz CT molecular complexity index is 1020. The van der Waals surface area contributed by atoms with Crippen molar-refractivity contribution in [2.75, 3.05) is 28.2 Å². The van der Waals surface area contributed by atoms with E-state index in [4.69, 9.17) is 9.47 Å². The molecule has 0 saturated carbocycles. The normalized spacial score (nSPS) is 10.4. The highest BCUT2D eigenvalue weighted by Gasteiger charge is 2.23. The highest BCUT2D eigenvalue weighted by Crippen LogP contribution is 2.36. The summed E-state index contributed by atoms with van der Waals surface area (Å²) in [6.45, 7) is 7.44. The lowest BCUT2D eigenvalue weighted by atomic mass is 10.1. The SMILES string of the molecule is C=C(C)n1c(SC(=O)CC)nnc1-c1ccc(OC(=O)N(C)C)cc1OC(=O)N(C)C. The number of hydrogen-bond donors (Lipinski definition) is 0. The smallest absolute Gasteiger partial charge is 0.410 e. The first-order chi connectivity index (χ1) is 14.5. The van der Waals surface area contributed by atoms with Gasteiger partial charge < -0.3 is 19.3 Å². The van der Waals surface area contributed by atoms with Crippen LogP contribution in [0.25, 0.3) is 17.1 Å². The molecule has 0 saturated heterocycles. The Morgan fingerprint density at radius 1 is 1.06 bits per heavy atom. The van der Waals surface area contributed by atoms with Gasteiger partial charge in [0.2, 0.25) is 5.16 Å². The van der Waals surface area contributed by atoms with Crippen molar-refractivity contribution in [1.82, 2.24) is 24.6 Å². The zero-order valence-corrected chi connectivity index (χ0v) is 19.1. The number of thioether (sulfide) groups is 1. The summed E-state index contributed by atoms with van der Waals surface area (Å²) in [7, 11) is 6.18. The lowest BCUT2D eigenvalue weighted by Gasteiger charge is -2.16. The number of hydrogen-bond acceptors (Lipinski definition) is 8. The van der Waals surface area contributed by atoms with E-state index in [-0.39, 0.29) is 16.6 Å². The molecule has 0 unspecified atom stereocenters. The monoisotopic (exact) mass is 447 g/mol. The van der Waals surface area contributed by atoms with Crippen LogP contribution in [0.3, 0.4) is 0 Å². The number of rotatable bonds is 6. The van der Waals surface area contributed by atoms with Crippen LogP contribution >= 0.6 is 11.8 Å². The predicted octanol–water partition coefficient (Wildman–Crippen LogP) is 3.59. The fraction of sp³-hybridized carbons (Fsp3) is 0.350. The van der Waals surface area contributed by atoms with E-state index in [1.165, 1.54) is 15.9 Å². The minimum Gasteiger partial charge on any atom is -0.410 e. The van der Waals surface area contributed by atoms with Crippen LogP contribution in [0.5, 0.6) is 11.5 Å². The van der Waals surface area contributed by atoms with Gasteiger partial charge in [0, 0.05) is 46.4 Å². The summed E-state index contributed by atoms with van der Waals surface area (Å²) in [6.07, 6.45) is -0.880. The molecule has 10 nitrogen and oxygen atoms in total. The minimum absolute atomic E-state index is 0.0772. The summed E-state index contributed by atoms with van der Waals surface area (Å²) in [6, 6.07) is 4.56. The summed E-state index contributed by atoms with van der Waals surface area (Å²) >= 11 is 0.952. The Balaban J connectivity index is 2.58. The molecule has 0 radical (unpaired) electrons. The van der Waals surface area contributed by atoms with E-state index < -0.39 is 12.2 Å². The molecule has 1 heterocycles. The molecule has 11 heteroatoms. The molecule has 0 atom stereocenters. The van der Waals surface area contributed by atoms with Crippen LogP contribution in [0.2, 0.25) is 0 Å². The van der Waals surface area contributed by atoms with Crippen LogP contribution in [0.15, 0.2) is 29.9 Å². The fourth-order valence-electron chi connectivity index (χ4n) is 2.24. The number of carbonyl (C=O) groups excluding carboxylic acids is 3. The van der Waals surface area contributed by atoms with Crippen LogP contribution in [0.1, 0.15) is 20.3 Å². The lowest BCUT2D eigenvalue weighted by Crippen LogP contribution is -2.26. The van der Waals surface area contributed by atoms with E-state index in [1.807, 2.05) is 0 Å². The van der Waals surface area contributed by atoms with Crippen molar-refractivity contribution in [3.63, 3.8) is 0 Å². The van der Waals surface area contributed by atoms with Gasteiger partial charge in [0.1, 0.15) is 11.5 Å². The third-order valence-corrected chi connectivity index (χ3v) is 4.80. The molecule has 0 aliphatic rings. The van der Waals surface area contributed by atoms with E-state index in [0.29, 0.717) is 28.7 Å². The Labute approximate surface area is 184 Å². The van der Waals surface area contributed by atoms with Gasteiger partial charge in [0.25, 0.3) is 0 Å². The third-order valence-electron chi connectivity index (χ3n) is 3.84. The van der Waals surface area contributed by atoms with Crippen LogP contribution in [-0.2, 0) is 4.79 Å². The summed E-state index contributed by atoms with van der Waals surface area (Å²) in [5.41, 5.74) is 0.977. The first kappa shape index (κ1) is 23.9. The topological polar surface area (TPSA) is 107 Å². The average Bonchev–Trinajstić information content (AvgIpc) is 3.11. The van der Waals surface area contributed by atoms with E-state index in [0.717, 1.165) is 11.8 Å². The third kappa shape index (κ3) is 5.85. The van der Waals surface area contributed by atoms with E-state index in [1.54, 1.807) is 58.7 Å². The maximum atomic E-state index is 12.2. The van der Waals surface area contributed by atoms with E-state index in [2.05, 4.69) is 16.8 Å². The quantitative estimate of drug-likeness (QED) is 0.619.